The second kappa shape index (κ2) is 7.76. The number of carbonyl (C=O) groups is 2. The minimum absolute atomic E-state index is 0.0461. The number of halogens is 1. The average molecular weight is 284 g/mol. The van der Waals surface area contributed by atoms with Crippen LogP contribution in [0.15, 0.2) is 24.3 Å². The molecule has 0 bridgehead atoms. The Balaban J connectivity index is 2.35. The zero-order valence-electron chi connectivity index (χ0n) is 11.0. The molecule has 0 aliphatic heterocycles. The van der Waals surface area contributed by atoms with Crippen molar-refractivity contribution in [3.63, 3.8) is 0 Å². The Kier molecular flexibility index (Phi) is 6.32. The first kappa shape index (κ1) is 15.5. The van der Waals surface area contributed by atoms with E-state index in [1.165, 1.54) is 0 Å². The minimum Gasteiger partial charge on any atom is -0.347 e. The van der Waals surface area contributed by atoms with E-state index in [1.807, 2.05) is 0 Å². The van der Waals surface area contributed by atoms with Crippen LogP contribution in [-0.2, 0) is 9.59 Å². The fraction of sp³-hybridized carbons (Fsp3) is 0.385. The number of hydrogen-bond donors (Lipinski definition) is 3. The first-order valence-corrected chi connectivity index (χ1v) is 6.38. The van der Waals surface area contributed by atoms with Crippen LogP contribution < -0.4 is 16.0 Å². The molecule has 3 N–H and O–H groups in total. The SMILES string of the molecule is CNCC(C)C(=O)NCC(=O)Nc1ccc(Cl)cc1. The molecule has 2 amide bonds. The summed E-state index contributed by atoms with van der Waals surface area (Å²) in [5, 5.41) is 8.76. The Hall–Kier alpha value is -1.59. The second-order valence-corrected chi connectivity index (χ2v) is 4.67. The molecule has 0 heterocycles. The van der Waals surface area contributed by atoms with Crippen molar-refractivity contribution in [3.8, 4) is 0 Å². The van der Waals surface area contributed by atoms with Crippen LogP contribution in [0.2, 0.25) is 5.02 Å². The number of anilines is 1. The van der Waals surface area contributed by atoms with Gasteiger partial charge in [-0.1, -0.05) is 18.5 Å². The molecule has 1 unspecified atom stereocenters. The van der Waals surface area contributed by atoms with E-state index < -0.39 is 0 Å². The van der Waals surface area contributed by atoms with Crippen molar-refractivity contribution in [2.45, 2.75) is 6.92 Å². The molecule has 0 fully saturated rings. The first-order valence-electron chi connectivity index (χ1n) is 6.00. The van der Waals surface area contributed by atoms with Crippen molar-refractivity contribution in [1.29, 1.82) is 0 Å². The summed E-state index contributed by atoms with van der Waals surface area (Å²) in [6.07, 6.45) is 0. The summed E-state index contributed by atoms with van der Waals surface area (Å²) in [6.45, 7) is 2.32. The molecule has 0 radical (unpaired) electrons. The Morgan fingerprint density at radius 1 is 1.26 bits per heavy atom. The van der Waals surface area contributed by atoms with Crippen molar-refractivity contribution in [1.82, 2.24) is 10.6 Å². The van der Waals surface area contributed by atoms with Gasteiger partial charge in [0.05, 0.1) is 6.54 Å². The summed E-state index contributed by atoms with van der Waals surface area (Å²) in [5.74, 6) is -0.596. The maximum Gasteiger partial charge on any atom is 0.243 e. The Morgan fingerprint density at radius 2 is 1.89 bits per heavy atom. The van der Waals surface area contributed by atoms with Crippen LogP contribution >= 0.6 is 11.6 Å². The third-order valence-electron chi connectivity index (χ3n) is 2.51. The van der Waals surface area contributed by atoms with Crippen LogP contribution in [-0.4, -0.2) is 32.0 Å². The number of benzene rings is 1. The van der Waals surface area contributed by atoms with Crippen molar-refractivity contribution < 1.29 is 9.59 Å². The van der Waals surface area contributed by atoms with Gasteiger partial charge in [0.15, 0.2) is 0 Å². The van der Waals surface area contributed by atoms with E-state index >= 15 is 0 Å². The summed E-state index contributed by atoms with van der Waals surface area (Å²) < 4.78 is 0. The van der Waals surface area contributed by atoms with Crippen LogP contribution in [0.3, 0.4) is 0 Å². The molecule has 1 atom stereocenters. The highest BCUT2D eigenvalue weighted by Gasteiger charge is 2.12. The van der Waals surface area contributed by atoms with Crippen molar-refractivity contribution in [3.05, 3.63) is 29.3 Å². The van der Waals surface area contributed by atoms with E-state index in [0.717, 1.165) is 0 Å². The summed E-state index contributed by atoms with van der Waals surface area (Å²) in [4.78, 5) is 23.2. The fourth-order valence-corrected chi connectivity index (χ4v) is 1.60. The smallest absolute Gasteiger partial charge is 0.243 e. The van der Waals surface area contributed by atoms with Gasteiger partial charge in [-0.05, 0) is 31.3 Å². The topological polar surface area (TPSA) is 70.2 Å². The molecular weight excluding hydrogens is 266 g/mol. The predicted molar refractivity (Wildman–Crippen MR) is 76.2 cm³/mol. The maximum absolute atomic E-state index is 11.6. The highest BCUT2D eigenvalue weighted by atomic mass is 35.5. The lowest BCUT2D eigenvalue weighted by molar-refractivity contribution is -0.126. The van der Waals surface area contributed by atoms with E-state index in [2.05, 4.69) is 16.0 Å². The molecule has 0 spiro atoms. The zero-order chi connectivity index (χ0) is 14.3. The average Bonchev–Trinajstić information content (AvgIpc) is 2.39. The van der Waals surface area contributed by atoms with E-state index in [1.54, 1.807) is 38.2 Å². The lowest BCUT2D eigenvalue weighted by Crippen LogP contribution is -2.38. The summed E-state index contributed by atoms with van der Waals surface area (Å²) in [7, 11) is 1.77. The minimum atomic E-state index is -0.271. The standard InChI is InChI=1S/C13H18ClN3O2/c1-9(7-15-2)13(19)16-8-12(18)17-11-5-3-10(14)4-6-11/h3-6,9,15H,7-8H2,1-2H3,(H,16,19)(H,17,18). The lowest BCUT2D eigenvalue weighted by Gasteiger charge is -2.11. The molecule has 0 saturated heterocycles. The first-order chi connectivity index (χ1) is 9.02. The van der Waals surface area contributed by atoms with E-state index in [0.29, 0.717) is 17.3 Å². The number of carbonyl (C=O) groups excluding carboxylic acids is 2. The quantitative estimate of drug-likeness (QED) is 0.736. The van der Waals surface area contributed by atoms with Crippen molar-refractivity contribution >= 4 is 29.1 Å². The lowest BCUT2D eigenvalue weighted by atomic mass is 10.1. The number of nitrogens with one attached hydrogen (secondary N) is 3. The van der Waals surface area contributed by atoms with E-state index in [9.17, 15) is 9.59 Å². The third kappa shape index (κ3) is 5.72. The molecular formula is C13H18ClN3O2. The predicted octanol–water partition coefficient (Wildman–Crippen LogP) is 1.25. The monoisotopic (exact) mass is 283 g/mol. The molecule has 1 aromatic carbocycles. The molecule has 0 aromatic heterocycles. The number of amides is 2. The molecule has 0 aliphatic carbocycles. The zero-order valence-corrected chi connectivity index (χ0v) is 11.8. The van der Waals surface area contributed by atoms with Gasteiger partial charge in [0.25, 0.3) is 0 Å². The summed E-state index contributed by atoms with van der Waals surface area (Å²) in [5.41, 5.74) is 0.645. The van der Waals surface area contributed by atoms with Crippen LogP contribution in [0.25, 0.3) is 0 Å². The van der Waals surface area contributed by atoms with Gasteiger partial charge in [-0.15, -0.1) is 0 Å². The van der Waals surface area contributed by atoms with Gasteiger partial charge in [-0.25, -0.2) is 0 Å². The van der Waals surface area contributed by atoms with Gasteiger partial charge in [-0.2, -0.15) is 0 Å². The van der Waals surface area contributed by atoms with Crippen molar-refractivity contribution in [2.75, 3.05) is 25.5 Å². The van der Waals surface area contributed by atoms with Gasteiger partial charge in [-0.3, -0.25) is 9.59 Å². The molecule has 0 aliphatic rings. The van der Waals surface area contributed by atoms with Gasteiger partial charge in [0.1, 0.15) is 0 Å². The maximum atomic E-state index is 11.6. The van der Waals surface area contributed by atoms with E-state index in [4.69, 9.17) is 11.6 Å². The number of hydrogen-bond acceptors (Lipinski definition) is 3. The Bertz CT molecular complexity index is 434. The fourth-order valence-electron chi connectivity index (χ4n) is 1.48. The van der Waals surface area contributed by atoms with Crippen LogP contribution in [0.5, 0.6) is 0 Å². The molecule has 6 heteroatoms. The Labute approximate surface area is 117 Å². The Morgan fingerprint density at radius 3 is 2.47 bits per heavy atom. The van der Waals surface area contributed by atoms with Gasteiger partial charge in [0.2, 0.25) is 11.8 Å². The molecule has 1 rings (SSSR count). The van der Waals surface area contributed by atoms with Gasteiger partial charge in [0, 0.05) is 23.2 Å². The highest BCUT2D eigenvalue weighted by molar-refractivity contribution is 6.30. The van der Waals surface area contributed by atoms with E-state index in [-0.39, 0.29) is 24.3 Å². The molecule has 104 valence electrons. The van der Waals surface area contributed by atoms with Gasteiger partial charge >= 0.3 is 0 Å². The number of rotatable bonds is 6. The molecule has 19 heavy (non-hydrogen) atoms. The van der Waals surface area contributed by atoms with Crippen LogP contribution in [0.4, 0.5) is 5.69 Å². The second-order valence-electron chi connectivity index (χ2n) is 4.23. The highest BCUT2D eigenvalue weighted by Crippen LogP contribution is 2.12. The largest absolute Gasteiger partial charge is 0.347 e. The van der Waals surface area contributed by atoms with Crippen LogP contribution in [0.1, 0.15) is 6.92 Å². The normalized spacial score (nSPS) is 11.7. The van der Waals surface area contributed by atoms with Crippen LogP contribution in [0, 0.1) is 5.92 Å². The molecule has 0 saturated carbocycles. The van der Waals surface area contributed by atoms with Crippen molar-refractivity contribution in [2.24, 2.45) is 5.92 Å². The molecule has 5 nitrogen and oxygen atoms in total. The van der Waals surface area contributed by atoms with Gasteiger partial charge < -0.3 is 16.0 Å². The summed E-state index contributed by atoms with van der Waals surface area (Å²) in [6, 6.07) is 6.77. The summed E-state index contributed by atoms with van der Waals surface area (Å²) >= 11 is 5.74. The third-order valence-corrected chi connectivity index (χ3v) is 2.76. The molecule has 1 aromatic rings.